The Bertz CT molecular complexity index is 899. The quantitative estimate of drug-likeness (QED) is 0.578. The Morgan fingerprint density at radius 1 is 0.818 bits per heavy atom. The van der Waals surface area contributed by atoms with Crippen molar-refractivity contribution in [1.82, 2.24) is 19.7 Å². The predicted molar refractivity (Wildman–Crippen MR) is 86.3 cm³/mol. The van der Waals surface area contributed by atoms with E-state index in [1.165, 1.54) is 0 Å². The number of fused-ring (bicyclic) bond motifs is 1. The lowest BCUT2D eigenvalue weighted by molar-refractivity contribution is 0.762. The second-order valence-corrected chi connectivity index (χ2v) is 5.14. The minimum Gasteiger partial charge on any atom is -0.331 e. The average molecular weight is 286 g/mol. The molecule has 0 radical (unpaired) electrons. The SMILES string of the molecule is c1ccc(-c2nnc(Cn3ccnc3)c3ccccc23)cc1. The van der Waals surface area contributed by atoms with Gasteiger partial charge in [0.25, 0.3) is 0 Å². The molecule has 4 nitrogen and oxygen atoms in total. The molecule has 0 amide bonds. The third-order valence-electron chi connectivity index (χ3n) is 3.70. The van der Waals surface area contributed by atoms with Crippen LogP contribution in [0.15, 0.2) is 73.3 Å². The van der Waals surface area contributed by atoms with Crippen LogP contribution in [0.5, 0.6) is 0 Å². The standard InChI is InChI=1S/C18H14N4/c1-2-6-14(7-3-1)18-16-9-5-4-8-15(16)17(20-21-18)12-22-11-10-19-13-22/h1-11,13H,12H2. The zero-order valence-corrected chi connectivity index (χ0v) is 11.9. The highest BCUT2D eigenvalue weighted by Crippen LogP contribution is 2.27. The van der Waals surface area contributed by atoms with Crippen LogP contribution in [-0.4, -0.2) is 19.7 Å². The highest BCUT2D eigenvalue weighted by atomic mass is 15.1. The molecule has 0 atom stereocenters. The van der Waals surface area contributed by atoms with E-state index in [9.17, 15) is 0 Å². The second-order valence-electron chi connectivity index (χ2n) is 5.14. The summed E-state index contributed by atoms with van der Waals surface area (Å²) in [6, 6.07) is 18.4. The van der Waals surface area contributed by atoms with Crippen molar-refractivity contribution in [1.29, 1.82) is 0 Å². The van der Waals surface area contributed by atoms with Crippen LogP contribution in [0.3, 0.4) is 0 Å². The van der Waals surface area contributed by atoms with Gasteiger partial charge in [0.2, 0.25) is 0 Å². The number of rotatable bonds is 3. The third kappa shape index (κ3) is 2.24. The number of benzene rings is 2. The average Bonchev–Trinajstić information content (AvgIpc) is 3.09. The molecule has 4 rings (SSSR count). The fourth-order valence-electron chi connectivity index (χ4n) is 2.64. The molecule has 0 aliphatic heterocycles. The first kappa shape index (κ1) is 12.7. The molecule has 0 spiro atoms. The van der Waals surface area contributed by atoms with Gasteiger partial charge in [-0.15, -0.1) is 5.10 Å². The van der Waals surface area contributed by atoms with Crippen LogP contribution in [-0.2, 0) is 6.54 Å². The summed E-state index contributed by atoms with van der Waals surface area (Å²) in [4.78, 5) is 4.08. The molecule has 2 heterocycles. The number of nitrogens with zero attached hydrogens (tertiary/aromatic N) is 4. The van der Waals surface area contributed by atoms with E-state index >= 15 is 0 Å². The zero-order valence-electron chi connectivity index (χ0n) is 11.9. The zero-order chi connectivity index (χ0) is 14.8. The van der Waals surface area contributed by atoms with Crippen molar-refractivity contribution in [3.63, 3.8) is 0 Å². The van der Waals surface area contributed by atoms with Crippen molar-refractivity contribution in [3.8, 4) is 11.3 Å². The Hall–Kier alpha value is -3.01. The molecule has 0 aliphatic carbocycles. The van der Waals surface area contributed by atoms with Crippen LogP contribution >= 0.6 is 0 Å². The molecule has 0 fully saturated rings. The molecular weight excluding hydrogens is 272 g/mol. The van der Waals surface area contributed by atoms with Gasteiger partial charge in [-0.1, -0.05) is 54.6 Å². The molecule has 0 bridgehead atoms. The van der Waals surface area contributed by atoms with E-state index in [4.69, 9.17) is 0 Å². The van der Waals surface area contributed by atoms with Gasteiger partial charge >= 0.3 is 0 Å². The Morgan fingerprint density at radius 2 is 1.59 bits per heavy atom. The summed E-state index contributed by atoms with van der Waals surface area (Å²) in [7, 11) is 0. The molecule has 0 saturated carbocycles. The lowest BCUT2D eigenvalue weighted by Crippen LogP contribution is -2.03. The summed E-state index contributed by atoms with van der Waals surface area (Å²) in [5.74, 6) is 0. The minimum absolute atomic E-state index is 0.669. The Kier molecular flexibility index (Phi) is 3.12. The van der Waals surface area contributed by atoms with E-state index in [0.29, 0.717) is 6.54 Å². The van der Waals surface area contributed by atoms with Crippen molar-refractivity contribution in [2.24, 2.45) is 0 Å². The van der Waals surface area contributed by atoms with Gasteiger partial charge in [-0.2, -0.15) is 5.10 Å². The summed E-state index contributed by atoms with van der Waals surface area (Å²) in [5, 5.41) is 11.2. The van der Waals surface area contributed by atoms with Crippen LogP contribution in [0, 0.1) is 0 Å². The minimum atomic E-state index is 0.669. The Morgan fingerprint density at radius 3 is 2.36 bits per heavy atom. The molecule has 2 aromatic carbocycles. The molecule has 0 aliphatic rings. The van der Waals surface area contributed by atoms with Gasteiger partial charge in [0.05, 0.1) is 18.6 Å². The molecule has 4 heteroatoms. The lowest BCUT2D eigenvalue weighted by Gasteiger charge is -2.09. The molecule has 0 unspecified atom stereocenters. The van der Waals surface area contributed by atoms with E-state index in [0.717, 1.165) is 27.7 Å². The monoisotopic (exact) mass is 286 g/mol. The summed E-state index contributed by atoms with van der Waals surface area (Å²) < 4.78 is 2.00. The van der Waals surface area contributed by atoms with E-state index < -0.39 is 0 Å². The maximum atomic E-state index is 4.47. The maximum Gasteiger partial charge on any atom is 0.101 e. The maximum absolute atomic E-state index is 4.47. The van der Waals surface area contributed by atoms with Crippen molar-refractivity contribution in [2.75, 3.05) is 0 Å². The van der Waals surface area contributed by atoms with E-state index in [1.807, 2.05) is 41.1 Å². The first-order chi connectivity index (χ1) is 10.9. The molecular formula is C18H14N4. The van der Waals surface area contributed by atoms with Gasteiger partial charge in [-0.25, -0.2) is 4.98 Å². The van der Waals surface area contributed by atoms with Crippen LogP contribution in [0.25, 0.3) is 22.0 Å². The molecule has 22 heavy (non-hydrogen) atoms. The van der Waals surface area contributed by atoms with Gasteiger partial charge < -0.3 is 4.57 Å². The van der Waals surface area contributed by atoms with Crippen LogP contribution < -0.4 is 0 Å². The number of imidazole rings is 1. The first-order valence-electron chi connectivity index (χ1n) is 7.17. The van der Waals surface area contributed by atoms with E-state index in [2.05, 4.69) is 39.4 Å². The second kappa shape index (κ2) is 5.41. The Labute approximate surface area is 128 Å². The topological polar surface area (TPSA) is 43.6 Å². The van der Waals surface area contributed by atoms with Gasteiger partial charge in [-0.3, -0.25) is 0 Å². The summed E-state index contributed by atoms with van der Waals surface area (Å²) >= 11 is 0. The van der Waals surface area contributed by atoms with E-state index in [1.54, 1.807) is 12.5 Å². The fourth-order valence-corrected chi connectivity index (χ4v) is 2.64. The molecule has 106 valence electrons. The number of aromatic nitrogens is 4. The van der Waals surface area contributed by atoms with Gasteiger partial charge in [0.15, 0.2) is 0 Å². The number of hydrogen-bond acceptors (Lipinski definition) is 3. The molecule has 0 N–H and O–H groups in total. The Balaban J connectivity index is 1.88. The third-order valence-corrected chi connectivity index (χ3v) is 3.70. The van der Waals surface area contributed by atoms with Crippen LogP contribution in [0.1, 0.15) is 5.69 Å². The largest absolute Gasteiger partial charge is 0.331 e. The lowest BCUT2D eigenvalue weighted by atomic mass is 10.0. The van der Waals surface area contributed by atoms with E-state index in [-0.39, 0.29) is 0 Å². The highest BCUT2D eigenvalue weighted by molar-refractivity contribution is 5.95. The summed E-state index contributed by atoms with van der Waals surface area (Å²) in [6.45, 7) is 0.669. The summed E-state index contributed by atoms with van der Waals surface area (Å²) in [5.41, 5.74) is 2.96. The van der Waals surface area contributed by atoms with Gasteiger partial charge in [0, 0.05) is 28.7 Å². The first-order valence-corrected chi connectivity index (χ1v) is 7.17. The van der Waals surface area contributed by atoms with Gasteiger partial charge in [0.1, 0.15) is 5.69 Å². The van der Waals surface area contributed by atoms with Crippen molar-refractivity contribution in [3.05, 3.63) is 79.0 Å². The normalized spacial score (nSPS) is 10.9. The number of hydrogen-bond donors (Lipinski definition) is 0. The van der Waals surface area contributed by atoms with Crippen molar-refractivity contribution >= 4 is 10.8 Å². The van der Waals surface area contributed by atoms with Crippen LogP contribution in [0.4, 0.5) is 0 Å². The highest BCUT2D eigenvalue weighted by Gasteiger charge is 2.10. The molecule has 0 saturated heterocycles. The van der Waals surface area contributed by atoms with Crippen LogP contribution in [0.2, 0.25) is 0 Å². The molecule has 4 aromatic rings. The van der Waals surface area contributed by atoms with Gasteiger partial charge in [-0.05, 0) is 0 Å². The predicted octanol–water partition coefficient (Wildman–Crippen LogP) is 3.54. The van der Waals surface area contributed by atoms with Crippen molar-refractivity contribution < 1.29 is 0 Å². The molecule has 2 aromatic heterocycles. The van der Waals surface area contributed by atoms with Crippen molar-refractivity contribution in [2.45, 2.75) is 6.54 Å². The summed E-state index contributed by atoms with van der Waals surface area (Å²) in [6.07, 6.45) is 5.50. The fraction of sp³-hybridized carbons (Fsp3) is 0.0556. The smallest absolute Gasteiger partial charge is 0.101 e.